The number of ether oxygens (including phenoxy) is 2. The highest BCUT2D eigenvalue weighted by Crippen LogP contribution is 2.35. The van der Waals surface area contributed by atoms with Crippen molar-refractivity contribution in [2.75, 3.05) is 39.2 Å². The minimum absolute atomic E-state index is 0.307. The Hall–Kier alpha value is -4.43. The van der Waals surface area contributed by atoms with Crippen LogP contribution < -0.4 is 15.4 Å². The molecule has 1 aliphatic heterocycles. The van der Waals surface area contributed by atoms with Crippen LogP contribution in [0.3, 0.4) is 0 Å². The van der Waals surface area contributed by atoms with E-state index >= 15 is 0 Å². The molecule has 13 heteroatoms. The van der Waals surface area contributed by atoms with Gasteiger partial charge in [-0.25, -0.2) is 19.4 Å². The Bertz CT molecular complexity index is 1610. The topological polar surface area (TPSA) is 136 Å². The number of urea groups is 1. The molecule has 3 aromatic heterocycles. The first kappa shape index (κ1) is 31.0. The quantitative estimate of drug-likeness (QED) is 0.228. The minimum Gasteiger partial charge on any atom is -0.481 e. The van der Waals surface area contributed by atoms with Crippen LogP contribution in [-0.4, -0.2) is 75.9 Å². The molecule has 44 heavy (non-hydrogen) atoms. The van der Waals surface area contributed by atoms with E-state index in [0.717, 1.165) is 5.69 Å². The molecule has 1 aliphatic rings. The number of para-hydroxylation sites is 1. The highest BCUT2D eigenvalue weighted by atomic mass is 19.1. The lowest BCUT2D eigenvalue weighted by Crippen LogP contribution is -2.42. The van der Waals surface area contributed by atoms with Gasteiger partial charge in [0.2, 0.25) is 11.8 Å². The number of aromatic nitrogens is 4. The molecule has 0 saturated carbocycles. The number of hydrogen-bond donors (Lipinski definition) is 3. The third-order valence-corrected chi connectivity index (χ3v) is 7.30. The molecule has 4 heterocycles. The average Bonchev–Trinajstić information content (AvgIpc) is 3.56. The normalized spacial score (nSPS) is 17.1. The van der Waals surface area contributed by atoms with Crippen LogP contribution in [0.2, 0.25) is 0 Å². The van der Waals surface area contributed by atoms with Crippen molar-refractivity contribution in [2.24, 2.45) is 0 Å². The first-order valence-electron chi connectivity index (χ1n) is 14.1. The molecular formula is C31H36FN7O5. The summed E-state index contributed by atoms with van der Waals surface area (Å²) in [5.41, 5.74) is 2.42. The number of amides is 2. The molecule has 1 saturated heterocycles. The van der Waals surface area contributed by atoms with E-state index in [0.29, 0.717) is 59.3 Å². The van der Waals surface area contributed by atoms with Crippen molar-refractivity contribution >= 4 is 11.8 Å². The number of methoxy groups -OCH3 is 2. The van der Waals surface area contributed by atoms with Crippen LogP contribution in [0.25, 0.3) is 16.9 Å². The number of carbonyl (C=O) groups excluding carboxylic acids is 1. The molecule has 0 aliphatic carbocycles. The van der Waals surface area contributed by atoms with E-state index in [1.807, 2.05) is 37.3 Å². The Morgan fingerprint density at radius 2 is 1.95 bits per heavy atom. The zero-order chi connectivity index (χ0) is 31.4. The van der Waals surface area contributed by atoms with Crippen molar-refractivity contribution in [3.8, 4) is 22.8 Å². The maximum Gasteiger partial charge on any atom is 0.320 e. The van der Waals surface area contributed by atoms with Crippen molar-refractivity contribution in [1.82, 2.24) is 30.1 Å². The van der Waals surface area contributed by atoms with Gasteiger partial charge in [0.15, 0.2) is 0 Å². The predicted octanol–water partition coefficient (Wildman–Crippen LogP) is 4.14. The minimum atomic E-state index is -1.22. The average molecular weight is 606 g/mol. The molecule has 2 atom stereocenters. The predicted molar refractivity (Wildman–Crippen MR) is 161 cm³/mol. The van der Waals surface area contributed by atoms with Gasteiger partial charge in [0.05, 0.1) is 36.7 Å². The summed E-state index contributed by atoms with van der Waals surface area (Å²) in [6, 6.07) is 13.1. The van der Waals surface area contributed by atoms with Gasteiger partial charge in [-0.2, -0.15) is 14.6 Å². The number of benzene rings is 1. The van der Waals surface area contributed by atoms with Crippen molar-refractivity contribution < 1.29 is 28.6 Å². The van der Waals surface area contributed by atoms with E-state index in [-0.39, 0.29) is 0 Å². The second-order valence-electron chi connectivity index (χ2n) is 10.9. The van der Waals surface area contributed by atoms with Gasteiger partial charge in [-0.05, 0) is 56.7 Å². The number of halogens is 1. The number of aliphatic hydroxyl groups is 1. The third kappa shape index (κ3) is 6.70. The Balaban J connectivity index is 1.47. The number of nitrogens with zero attached hydrogens (tertiary/aromatic N) is 5. The molecule has 1 fully saturated rings. The second kappa shape index (κ2) is 13.1. The number of anilines is 1. The molecule has 0 spiro atoms. The maximum atomic E-state index is 14.0. The van der Waals surface area contributed by atoms with Gasteiger partial charge in [0, 0.05) is 49.3 Å². The molecule has 232 valence electrons. The smallest absolute Gasteiger partial charge is 0.320 e. The van der Waals surface area contributed by atoms with Crippen LogP contribution in [0.5, 0.6) is 5.88 Å². The van der Waals surface area contributed by atoms with Crippen molar-refractivity contribution in [3.05, 3.63) is 83.6 Å². The van der Waals surface area contributed by atoms with Gasteiger partial charge >= 0.3 is 6.03 Å². The van der Waals surface area contributed by atoms with Gasteiger partial charge < -0.3 is 19.9 Å². The molecular weight excluding hydrogens is 569 g/mol. The van der Waals surface area contributed by atoms with Crippen LogP contribution in [0.1, 0.15) is 36.6 Å². The summed E-state index contributed by atoms with van der Waals surface area (Å²) in [6.45, 7) is 6.39. The summed E-state index contributed by atoms with van der Waals surface area (Å²) >= 11 is 0. The van der Waals surface area contributed by atoms with E-state index < -0.39 is 29.7 Å². The molecule has 12 nitrogen and oxygen atoms in total. The maximum absolute atomic E-state index is 14.0. The summed E-state index contributed by atoms with van der Waals surface area (Å²) in [5.74, 6) is 0.104. The van der Waals surface area contributed by atoms with Crippen LogP contribution >= 0.6 is 0 Å². The van der Waals surface area contributed by atoms with Gasteiger partial charge in [0.1, 0.15) is 11.9 Å². The fourth-order valence-corrected chi connectivity index (χ4v) is 5.11. The lowest BCUT2D eigenvalue weighted by atomic mass is 9.97. The van der Waals surface area contributed by atoms with E-state index in [1.165, 1.54) is 19.4 Å². The standard InChI is InChI=1S/C31H36FN7O5/c1-19-26(21-15-23(31(2,3)41)29(43-5)34-17-21)37-39(22-9-7-6-8-10-22)28(19)36-30(40)35-24-18-38(13-14-42-4)44-27(24)20-11-12-33-25(32)16-20/h6-12,15-17,24,27,41H,13-14,18H2,1-5H3,(H2,35,36,40)/t24-,27+/m1/s1. The number of carbonyl (C=O) groups is 1. The van der Waals surface area contributed by atoms with Crippen molar-refractivity contribution in [1.29, 1.82) is 0 Å². The Morgan fingerprint density at radius 3 is 2.64 bits per heavy atom. The number of hydrogen-bond acceptors (Lipinski definition) is 9. The fraction of sp³-hybridized carbons (Fsp3) is 0.355. The van der Waals surface area contributed by atoms with E-state index in [9.17, 15) is 14.3 Å². The summed E-state index contributed by atoms with van der Waals surface area (Å²) in [5, 5.41) is 23.3. The highest BCUT2D eigenvalue weighted by molar-refractivity contribution is 5.91. The van der Waals surface area contributed by atoms with Gasteiger partial charge in [0.25, 0.3) is 0 Å². The van der Waals surface area contributed by atoms with Gasteiger partial charge in [-0.1, -0.05) is 18.2 Å². The van der Waals surface area contributed by atoms with E-state index in [2.05, 4.69) is 20.6 Å². The molecule has 0 bridgehead atoms. The fourth-order valence-electron chi connectivity index (χ4n) is 5.11. The molecule has 4 aromatic rings. The Kier molecular flexibility index (Phi) is 9.20. The highest BCUT2D eigenvalue weighted by Gasteiger charge is 2.37. The molecule has 2 amide bonds. The van der Waals surface area contributed by atoms with Gasteiger partial charge in [-0.15, -0.1) is 0 Å². The van der Waals surface area contributed by atoms with E-state index in [4.69, 9.17) is 19.4 Å². The Labute approximate surface area is 254 Å². The van der Waals surface area contributed by atoms with Crippen LogP contribution in [-0.2, 0) is 15.2 Å². The molecule has 0 radical (unpaired) electrons. The molecule has 0 unspecified atom stereocenters. The SMILES string of the molecule is COCCN1C[C@@H](NC(=O)Nc2c(C)c(-c3cnc(OC)c(C(C)(C)O)c3)nn2-c2ccccc2)[C@H](c2ccnc(F)c2)O1. The molecule has 1 aromatic carbocycles. The number of rotatable bonds is 10. The number of nitrogens with one attached hydrogen (secondary N) is 2. The third-order valence-electron chi connectivity index (χ3n) is 7.30. The first-order chi connectivity index (χ1) is 21.1. The lowest BCUT2D eigenvalue weighted by molar-refractivity contribution is -0.154. The monoisotopic (exact) mass is 605 g/mol. The summed E-state index contributed by atoms with van der Waals surface area (Å²) < 4.78 is 26.2. The zero-order valence-electron chi connectivity index (χ0n) is 25.2. The number of hydroxylamine groups is 2. The Morgan fingerprint density at radius 1 is 1.18 bits per heavy atom. The van der Waals surface area contributed by atoms with E-state index in [1.54, 1.807) is 49.0 Å². The van der Waals surface area contributed by atoms with Crippen molar-refractivity contribution in [2.45, 2.75) is 38.5 Å². The van der Waals surface area contributed by atoms with Crippen LogP contribution in [0.15, 0.2) is 60.9 Å². The van der Waals surface area contributed by atoms with Crippen molar-refractivity contribution in [3.63, 3.8) is 0 Å². The number of pyridine rings is 2. The summed E-state index contributed by atoms with van der Waals surface area (Å²) in [7, 11) is 3.09. The van der Waals surface area contributed by atoms with Gasteiger partial charge in [-0.3, -0.25) is 10.2 Å². The first-order valence-corrected chi connectivity index (χ1v) is 14.1. The summed E-state index contributed by atoms with van der Waals surface area (Å²) in [4.78, 5) is 27.7. The zero-order valence-corrected chi connectivity index (χ0v) is 25.2. The van der Waals surface area contributed by atoms with Crippen LogP contribution in [0, 0.1) is 12.9 Å². The lowest BCUT2D eigenvalue weighted by Gasteiger charge is -2.20. The van der Waals surface area contributed by atoms with Crippen LogP contribution in [0.4, 0.5) is 15.0 Å². The largest absolute Gasteiger partial charge is 0.481 e. The second-order valence-corrected chi connectivity index (χ2v) is 10.9. The summed E-state index contributed by atoms with van der Waals surface area (Å²) in [6.07, 6.45) is 2.34. The molecule has 3 N–H and O–H groups in total. The molecule has 5 rings (SSSR count).